The van der Waals surface area contributed by atoms with Crippen LogP contribution in [0.15, 0.2) is 54.6 Å². The topological polar surface area (TPSA) is 0 Å². The number of alkyl halides is 1. The zero-order valence-electron chi connectivity index (χ0n) is 11.9. The number of aryl methyl sites for hydroxylation is 1. The summed E-state index contributed by atoms with van der Waals surface area (Å²) in [5.41, 5.74) is 7.88. The fraction of sp³-hybridized carbons (Fsp3) is 0.158. The molecule has 1 aliphatic rings. The minimum atomic E-state index is -0.223. The third-order valence-corrected chi connectivity index (χ3v) is 4.10. The molecule has 0 N–H and O–H groups in total. The van der Waals surface area contributed by atoms with Crippen LogP contribution in [0, 0.1) is 12.7 Å². The number of allylic oxidation sites excluding steroid dienone is 2. The van der Waals surface area contributed by atoms with E-state index < -0.39 is 0 Å². The Hall–Kier alpha value is -1.86. The van der Waals surface area contributed by atoms with Crippen molar-refractivity contribution in [2.45, 2.75) is 13.3 Å². The van der Waals surface area contributed by atoms with Crippen LogP contribution in [0.25, 0.3) is 11.1 Å². The van der Waals surface area contributed by atoms with Crippen LogP contribution in [0.3, 0.4) is 0 Å². The van der Waals surface area contributed by atoms with Gasteiger partial charge >= 0.3 is 0 Å². The van der Waals surface area contributed by atoms with Crippen molar-refractivity contribution in [1.29, 1.82) is 0 Å². The highest BCUT2D eigenvalue weighted by atomic mass is 35.5. The molecule has 0 saturated heterocycles. The molecule has 106 valence electrons. The molecular formula is C19H16ClF. The van der Waals surface area contributed by atoms with E-state index in [1.807, 2.05) is 12.1 Å². The van der Waals surface area contributed by atoms with E-state index in [1.54, 1.807) is 0 Å². The fourth-order valence-electron chi connectivity index (χ4n) is 2.92. The molecule has 0 aliphatic heterocycles. The maximum Gasteiger partial charge on any atom is 0.123 e. The van der Waals surface area contributed by atoms with Crippen molar-refractivity contribution in [2.24, 2.45) is 0 Å². The minimum Gasteiger partial charge on any atom is -0.207 e. The highest BCUT2D eigenvalue weighted by Crippen LogP contribution is 2.45. The molecule has 1 aliphatic carbocycles. The lowest BCUT2D eigenvalue weighted by Crippen LogP contribution is -1.90. The molecule has 0 radical (unpaired) electrons. The summed E-state index contributed by atoms with van der Waals surface area (Å²) in [6.07, 6.45) is 0.765. The van der Waals surface area contributed by atoms with Gasteiger partial charge < -0.3 is 0 Å². The van der Waals surface area contributed by atoms with Crippen LogP contribution >= 0.6 is 11.6 Å². The van der Waals surface area contributed by atoms with Crippen LogP contribution in [0.4, 0.5) is 4.39 Å². The highest BCUT2D eigenvalue weighted by Gasteiger charge is 2.25. The molecule has 0 amide bonds. The van der Waals surface area contributed by atoms with Crippen LogP contribution in [-0.4, -0.2) is 5.88 Å². The molecule has 2 aromatic carbocycles. The maximum atomic E-state index is 13.2. The summed E-state index contributed by atoms with van der Waals surface area (Å²) in [6.45, 7) is 6.31. The third kappa shape index (κ3) is 2.43. The van der Waals surface area contributed by atoms with Crippen LogP contribution < -0.4 is 0 Å². The van der Waals surface area contributed by atoms with Gasteiger partial charge in [-0.3, -0.25) is 0 Å². The first kappa shape index (κ1) is 14.1. The zero-order valence-corrected chi connectivity index (χ0v) is 12.7. The van der Waals surface area contributed by atoms with Gasteiger partial charge in [0.05, 0.1) is 0 Å². The van der Waals surface area contributed by atoms with E-state index in [-0.39, 0.29) is 5.82 Å². The van der Waals surface area contributed by atoms with Gasteiger partial charge in [0.1, 0.15) is 5.82 Å². The van der Waals surface area contributed by atoms with E-state index in [2.05, 4.69) is 31.7 Å². The minimum absolute atomic E-state index is 0.223. The Balaban J connectivity index is 2.22. The highest BCUT2D eigenvalue weighted by molar-refractivity contribution is 6.18. The van der Waals surface area contributed by atoms with Crippen molar-refractivity contribution >= 4 is 22.7 Å². The summed E-state index contributed by atoms with van der Waals surface area (Å²) in [5, 5.41) is 0. The molecule has 2 heteroatoms. The number of hydrogen-bond donors (Lipinski definition) is 0. The van der Waals surface area contributed by atoms with Crippen molar-refractivity contribution in [1.82, 2.24) is 0 Å². The molecule has 0 bridgehead atoms. The normalized spacial score (nSPS) is 13.8. The molecular weight excluding hydrogens is 283 g/mol. The van der Waals surface area contributed by atoms with Crippen LogP contribution in [0.2, 0.25) is 0 Å². The van der Waals surface area contributed by atoms with Crippen molar-refractivity contribution in [3.8, 4) is 0 Å². The van der Waals surface area contributed by atoms with Gasteiger partial charge in [-0.15, -0.1) is 11.6 Å². The summed E-state index contributed by atoms with van der Waals surface area (Å²) >= 11 is 5.96. The van der Waals surface area contributed by atoms with E-state index in [0.717, 1.165) is 39.8 Å². The average molecular weight is 299 g/mol. The monoisotopic (exact) mass is 298 g/mol. The van der Waals surface area contributed by atoms with Gasteiger partial charge in [-0.05, 0) is 58.9 Å². The van der Waals surface area contributed by atoms with Gasteiger partial charge in [-0.2, -0.15) is 0 Å². The summed E-state index contributed by atoms with van der Waals surface area (Å²) in [7, 11) is 0. The van der Waals surface area contributed by atoms with Crippen molar-refractivity contribution < 1.29 is 4.39 Å². The van der Waals surface area contributed by atoms with Crippen LogP contribution in [0.1, 0.15) is 28.7 Å². The molecule has 2 aromatic rings. The lowest BCUT2D eigenvalue weighted by molar-refractivity contribution is 0.627. The van der Waals surface area contributed by atoms with Crippen LogP contribution in [-0.2, 0) is 0 Å². The van der Waals surface area contributed by atoms with E-state index >= 15 is 0 Å². The Labute approximate surface area is 129 Å². The Kier molecular flexibility index (Phi) is 3.69. The van der Waals surface area contributed by atoms with Crippen molar-refractivity contribution in [2.75, 3.05) is 5.88 Å². The van der Waals surface area contributed by atoms with Gasteiger partial charge in [-0.25, -0.2) is 4.39 Å². The second-order valence-electron chi connectivity index (χ2n) is 5.33. The second kappa shape index (κ2) is 5.50. The van der Waals surface area contributed by atoms with E-state index in [9.17, 15) is 4.39 Å². The molecule has 0 nitrogen and oxygen atoms in total. The van der Waals surface area contributed by atoms with Gasteiger partial charge in [0.25, 0.3) is 0 Å². The second-order valence-corrected chi connectivity index (χ2v) is 5.70. The first-order valence-corrected chi connectivity index (χ1v) is 7.51. The molecule has 21 heavy (non-hydrogen) atoms. The molecule has 0 heterocycles. The van der Waals surface area contributed by atoms with Gasteiger partial charge in [0.15, 0.2) is 0 Å². The quantitative estimate of drug-likeness (QED) is 0.648. The standard InChI is InChI=1S/C19H16ClF/c1-12-3-8-17-18(11-12)13(2)16(9-10-20)19(17)14-4-6-15(21)7-5-14/h3-8,11H,2,9-10H2,1H3. The number of benzene rings is 2. The number of rotatable bonds is 3. The summed E-state index contributed by atoms with van der Waals surface area (Å²) in [5.74, 6) is 0.325. The average Bonchev–Trinajstić information content (AvgIpc) is 2.74. The summed E-state index contributed by atoms with van der Waals surface area (Å²) in [6, 6.07) is 13.0. The molecule has 0 spiro atoms. The van der Waals surface area contributed by atoms with Gasteiger partial charge in [0, 0.05) is 5.88 Å². The molecule has 3 rings (SSSR count). The van der Waals surface area contributed by atoms with E-state index in [1.165, 1.54) is 17.7 Å². The predicted molar refractivity (Wildman–Crippen MR) is 88.0 cm³/mol. The lowest BCUT2D eigenvalue weighted by Gasteiger charge is -2.08. The largest absolute Gasteiger partial charge is 0.207 e. The molecule has 0 aromatic heterocycles. The fourth-order valence-corrected chi connectivity index (χ4v) is 3.11. The van der Waals surface area contributed by atoms with Gasteiger partial charge in [0.2, 0.25) is 0 Å². The summed E-state index contributed by atoms with van der Waals surface area (Å²) in [4.78, 5) is 0. The van der Waals surface area contributed by atoms with Crippen molar-refractivity contribution in [3.63, 3.8) is 0 Å². The maximum absolute atomic E-state index is 13.2. The van der Waals surface area contributed by atoms with Gasteiger partial charge in [-0.1, -0.05) is 42.5 Å². The SMILES string of the molecule is C=C1C(CCCl)=C(c2ccc(F)cc2)c2ccc(C)cc21. The molecule has 0 unspecified atom stereocenters. The number of fused-ring (bicyclic) bond motifs is 1. The third-order valence-electron chi connectivity index (χ3n) is 3.91. The number of hydrogen-bond acceptors (Lipinski definition) is 0. The molecule has 0 saturated carbocycles. The predicted octanol–water partition coefficient (Wildman–Crippen LogP) is 5.59. The van der Waals surface area contributed by atoms with E-state index in [0.29, 0.717) is 5.88 Å². The van der Waals surface area contributed by atoms with Crippen LogP contribution in [0.5, 0.6) is 0 Å². The summed E-state index contributed by atoms with van der Waals surface area (Å²) < 4.78 is 13.2. The van der Waals surface area contributed by atoms with Crippen molar-refractivity contribution in [3.05, 3.63) is 82.7 Å². The lowest BCUT2D eigenvalue weighted by atomic mass is 9.96. The molecule has 0 atom stereocenters. The Bertz CT molecular complexity index is 739. The number of halogens is 2. The molecule has 0 fully saturated rings. The van der Waals surface area contributed by atoms with E-state index in [4.69, 9.17) is 11.6 Å². The zero-order chi connectivity index (χ0) is 15.0. The Morgan fingerprint density at radius 1 is 1.05 bits per heavy atom. The Morgan fingerprint density at radius 3 is 2.43 bits per heavy atom. The first-order chi connectivity index (χ1) is 10.1. The smallest absolute Gasteiger partial charge is 0.123 e. The first-order valence-electron chi connectivity index (χ1n) is 6.97. The Morgan fingerprint density at radius 2 is 1.76 bits per heavy atom.